The van der Waals surface area contributed by atoms with Gasteiger partial charge in [0, 0.05) is 41.4 Å². The Kier molecular flexibility index (Phi) is 5.60. The van der Waals surface area contributed by atoms with Gasteiger partial charge in [0.25, 0.3) is 0 Å². The highest BCUT2D eigenvalue weighted by Crippen LogP contribution is 2.34. The molecule has 1 saturated heterocycles. The monoisotopic (exact) mass is 427 g/mol. The number of hydrogen-bond donors (Lipinski definition) is 1. The molecule has 4 aromatic rings. The van der Waals surface area contributed by atoms with Crippen molar-refractivity contribution in [3.05, 3.63) is 72.4 Å². The maximum absolute atomic E-state index is 12.7. The van der Waals surface area contributed by atoms with E-state index in [-0.39, 0.29) is 5.97 Å². The van der Waals surface area contributed by atoms with E-state index in [0.29, 0.717) is 17.9 Å². The van der Waals surface area contributed by atoms with Gasteiger partial charge in [0.05, 0.1) is 31.0 Å². The van der Waals surface area contributed by atoms with E-state index in [0.717, 1.165) is 59.4 Å². The third-order valence-corrected chi connectivity index (χ3v) is 5.77. The molecule has 162 valence electrons. The van der Waals surface area contributed by atoms with Crippen molar-refractivity contribution in [1.82, 2.24) is 4.98 Å². The van der Waals surface area contributed by atoms with Crippen molar-refractivity contribution in [2.24, 2.45) is 0 Å². The lowest BCUT2D eigenvalue weighted by atomic mass is 10.0. The van der Waals surface area contributed by atoms with Gasteiger partial charge < -0.3 is 19.7 Å². The summed E-state index contributed by atoms with van der Waals surface area (Å²) in [4.78, 5) is 19.6. The molecule has 32 heavy (non-hydrogen) atoms. The van der Waals surface area contributed by atoms with Crippen LogP contribution in [0.15, 0.2) is 66.9 Å². The number of hydrogen-bond acceptors (Lipinski definition) is 6. The van der Waals surface area contributed by atoms with Gasteiger partial charge in [-0.25, -0.2) is 4.79 Å². The number of esters is 1. The molecular formula is C26H25N3O3. The summed E-state index contributed by atoms with van der Waals surface area (Å²) >= 11 is 0. The van der Waals surface area contributed by atoms with E-state index < -0.39 is 0 Å². The number of aromatic nitrogens is 1. The van der Waals surface area contributed by atoms with Gasteiger partial charge in [0.15, 0.2) is 0 Å². The van der Waals surface area contributed by atoms with Crippen LogP contribution in [0.5, 0.6) is 0 Å². The second-order valence-corrected chi connectivity index (χ2v) is 7.72. The number of carbonyl (C=O) groups is 1. The number of nitrogens with one attached hydrogen (secondary N) is 1. The van der Waals surface area contributed by atoms with Crippen LogP contribution in [0.25, 0.3) is 21.7 Å². The second kappa shape index (κ2) is 8.85. The zero-order valence-corrected chi connectivity index (χ0v) is 18.0. The Bertz CT molecular complexity index is 1260. The van der Waals surface area contributed by atoms with Crippen molar-refractivity contribution >= 4 is 44.7 Å². The van der Waals surface area contributed by atoms with Crippen LogP contribution in [0.1, 0.15) is 17.3 Å². The average Bonchev–Trinajstić information content (AvgIpc) is 2.85. The summed E-state index contributed by atoms with van der Waals surface area (Å²) in [6.07, 6.45) is 1.61. The van der Waals surface area contributed by atoms with Crippen LogP contribution >= 0.6 is 0 Å². The molecule has 1 fully saturated rings. The largest absolute Gasteiger partial charge is 0.462 e. The zero-order chi connectivity index (χ0) is 21.9. The number of benzene rings is 3. The first kappa shape index (κ1) is 20.3. The number of nitrogens with zero attached hydrogens (tertiary/aromatic N) is 2. The lowest BCUT2D eigenvalue weighted by Gasteiger charge is -2.29. The molecule has 5 rings (SSSR count). The maximum atomic E-state index is 12.7. The van der Waals surface area contributed by atoms with E-state index in [1.165, 1.54) is 0 Å². The molecule has 1 aliphatic heterocycles. The SMILES string of the molecule is CCOC(=O)c1cnc2c(ccc3ccccc32)c1Nc1ccc(N2CCOCC2)cc1. The lowest BCUT2D eigenvalue weighted by molar-refractivity contribution is 0.0527. The first-order chi connectivity index (χ1) is 15.7. The minimum absolute atomic E-state index is 0.308. The highest BCUT2D eigenvalue weighted by atomic mass is 16.5. The fourth-order valence-electron chi connectivity index (χ4n) is 4.15. The molecule has 0 saturated carbocycles. The normalized spacial score (nSPS) is 14.0. The molecule has 0 bridgehead atoms. The van der Waals surface area contributed by atoms with Crippen molar-refractivity contribution in [3.8, 4) is 0 Å². The zero-order valence-electron chi connectivity index (χ0n) is 18.0. The quantitative estimate of drug-likeness (QED) is 0.351. The molecular weight excluding hydrogens is 402 g/mol. The van der Waals surface area contributed by atoms with Crippen molar-refractivity contribution in [1.29, 1.82) is 0 Å². The fraction of sp³-hybridized carbons (Fsp3) is 0.231. The summed E-state index contributed by atoms with van der Waals surface area (Å²) in [5, 5.41) is 6.50. The molecule has 0 aliphatic carbocycles. The smallest absolute Gasteiger partial charge is 0.341 e. The van der Waals surface area contributed by atoms with Gasteiger partial charge in [-0.3, -0.25) is 4.98 Å². The number of rotatable bonds is 5. The van der Waals surface area contributed by atoms with Gasteiger partial charge in [-0.15, -0.1) is 0 Å². The van der Waals surface area contributed by atoms with Crippen LogP contribution in [0.2, 0.25) is 0 Å². The summed E-state index contributed by atoms with van der Waals surface area (Å²) in [6.45, 7) is 5.39. The van der Waals surface area contributed by atoms with Gasteiger partial charge in [0.2, 0.25) is 0 Å². The van der Waals surface area contributed by atoms with Gasteiger partial charge in [-0.2, -0.15) is 0 Å². The maximum Gasteiger partial charge on any atom is 0.341 e. The van der Waals surface area contributed by atoms with Crippen molar-refractivity contribution in [2.45, 2.75) is 6.92 Å². The minimum atomic E-state index is -0.387. The Labute approximate surface area is 186 Å². The van der Waals surface area contributed by atoms with E-state index in [2.05, 4.69) is 45.5 Å². The van der Waals surface area contributed by atoms with Crippen LogP contribution in [0.4, 0.5) is 17.1 Å². The summed E-state index contributed by atoms with van der Waals surface area (Å²) in [6, 6.07) is 20.4. The highest BCUT2D eigenvalue weighted by molar-refractivity contribution is 6.13. The number of ether oxygens (including phenoxy) is 2. The third-order valence-electron chi connectivity index (χ3n) is 5.77. The standard InChI is InChI=1S/C26H25N3O3/c1-2-32-26(30)23-17-27-24-21-6-4-3-5-18(21)7-12-22(24)25(23)28-19-8-10-20(11-9-19)29-13-15-31-16-14-29/h3-12,17H,2,13-16H2,1H3,(H,27,28). The number of pyridine rings is 1. The Morgan fingerprint density at radius 1 is 1.03 bits per heavy atom. The van der Waals surface area contributed by atoms with Gasteiger partial charge in [-0.1, -0.05) is 36.4 Å². The number of fused-ring (bicyclic) bond motifs is 3. The first-order valence-electron chi connectivity index (χ1n) is 10.9. The van der Waals surface area contributed by atoms with Gasteiger partial charge in [0.1, 0.15) is 5.56 Å². The molecule has 0 unspecified atom stereocenters. The summed E-state index contributed by atoms with van der Waals surface area (Å²) in [5.41, 5.74) is 4.04. The molecule has 2 heterocycles. The highest BCUT2D eigenvalue weighted by Gasteiger charge is 2.18. The van der Waals surface area contributed by atoms with Gasteiger partial charge >= 0.3 is 5.97 Å². The van der Waals surface area contributed by atoms with Crippen LogP contribution in [0.3, 0.4) is 0 Å². The molecule has 6 nitrogen and oxygen atoms in total. The Hall–Kier alpha value is -3.64. The van der Waals surface area contributed by atoms with Gasteiger partial charge in [-0.05, 0) is 36.6 Å². The second-order valence-electron chi connectivity index (χ2n) is 7.72. The molecule has 6 heteroatoms. The molecule has 0 radical (unpaired) electrons. The van der Waals surface area contributed by atoms with E-state index in [1.807, 2.05) is 30.3 Å². The number of anilines is 3. The van der Waals surface area contributed by atoms with Crippen molar-refractivity contribution < 1.29 is 14.3 Å². The lowest BCUT2D eigenvalue weighted by Crippen LogP contribution is -2.36. The molecule has 1 N–H and O–H groups in total. The number of carbonyl (C=O) groups excluding carboxylic acids is 1. The van der Waals surface area contributed by atoms with Crippen LogP contribution in [0, 0.1) is 0 Å². The molecule has 0 amide bonds. The van der Waals surface area contributed by atoms with E-state index >= 15 is 0 Å². The van der Waals surface area contributed by atoms with E-state index in [4.69, 9.17) is 9.47 Å². The van der Waals surface area contributed by atoms with E-state index in [9.17, 15) is 4.79 Å². The third kappa shape index (κ3) is 3.85. The summed E-state index contributed by atoms with van der Waals surface area (Å²) < 4.78 is 10.8. The minimum Gasteiger partial charge on any atom is -0.462 e. The molecule has 3 aromatic carbocycles. The fourth-order valence-corrected chi connectivity index (χ4v) is 4.15. The molecule has 1 aliphatic rings. The summed E-state index contributed by atoms with van der Waals surface area (Å²) in [7, 11) is 0. The predicted molar refractivity (Wildman–Crippen MR) is 128 cm³/mol. The van der Waals surface area contributed by atoms with Crippen molar-refractivity contribution in [2.75, 3.05) is 43.1 Å². The van der Waals surface area contributed by atoms with Crippen LogP contribution in [-0.4, -0.2) is 43.9 Å². The molecule has 1 aromatic heterocycles. The first-order valence-corrected chi connectivity index (χ1v) is 10.9. The molecule has 0 spiro atoms. The average molecular weight is 428 g/mol. The van der Waals surface area contributed by atoms with Crippen molar-refractivity contribution in [3.63, 3.8) is 0 Å². The van der Waals surface area contributed by atoms with Crippen LogP contribution in [-0.2, 0) is 9.47 Å². The number of morpholine rings is 1. The molecule has 0 atom stereocenters. The predicted octanol–water partition coefficient (Wildman–Crippen LogP) is 5.14. The Morgan fingerprint density at radius 3 is 2.59 bits per heavy atom. The topological polar surface area (TPSA) is 63.7 Å². The van der Waals surface area contributed by atoms with E-state index in [1.54, 1.807) is 13.1 Å². The summed E-state index contributed by atoms with van der Waals surface area (Å²) in [5.74, 6) is -0.387. The van der Waals surface area contributed by atoms with Crippen LogP contribution < -0.4 is 10.2 Å². The Morgan fingerprint density at radius 2 is 1.81 bits per heavy atom. The Balaban J connectivity index is 1.56.